The summed E-state index contributed by atoms with van der Waals surface area (Å²) in [6, 6.07) is 0. The lowest BCUT2D eigenvalue weighted by Gasteiger charge is -2.04. The van der Waals surface area contributed by atoms with Gasteiger partial charge in [0, 0.05) is 5.92 Å². The second-order valence-electron chi connectivity index (χ2n) is 3.05. The average Bonchev–Trinajstić information content (AvgIpc) is 1.97. The smallest absolute Gasteiger partial charge is 0.224 e. The Bertz CT molecular complexity index is 112. The molecule has 1 atom stereocenters. The number of halogens is 1. The van der Waals surface area contributed by atoms with Crippen molar-refractivity contribution in [1.29, 1.82) is 0 Å². The summed E-state index contributed by atoms with van der Waals surface area (Å²) in [5.41, 5.74) is 0. The highest BCUT2D eigenvalue weighted by Gasteiger charge is 2.07. The van der Waals surface area contributed by atoms with Gasteiger partial charge in [-0.1, -0.05) is 39.5 Å². The lowest BCUT2D eigenvalue weighted by Crippen LogP contribution is -2.02. The second kappa shape index (κ2) is 6.66. The monoisotopic (exact) mass is 176 g/mol. The normalized spacial score (nSPS) is 13.0. The molecule has 0 heterocycles. The van der Waals surface area contributed by atoms with E-state index < -0.39 is 0 Å². The summed E-state index contributed by atoms with van der Waals surface area (Å²) in [5, 5.41) is -0.193. The van der Waals surface area contributed by atoms with E-state index in [2.05, 4.69) is 6.92 Å². The van der Waals surface area contributed by atoms with Crippen LogP contribution < -0.4 is 0 Å². The highest BCUT2D eigenvalue weighted by Crippen LogP contribution is 2.12. The summed E-state index contributed by atoms with van der Waals surface area (Å²) in [6.07, 6.45) is 5.81. The molecular formula is C9H17ClO. The van der Waals surface area contributed by atoms with Crippen LogP contribution in [0.5, 0.6) is 0 Å². The minimum atomic E-state index is -0.193. The number of unbranched alkanes of at least 4 members (excludes halogenated alkanes) is 3. The highest BCUT2D eigenvalue weighted by atomic mass is 35.5. The molecule has 0 fully saturated rings. The van der Waals surface area contributed by atoms with Gasteiger partial charge in [0.1, 0.15) is 0 Å². The number of rotatable bonds is 6. The van der Waals surface area contributed by atoms with E-state index >= 15 is 0 Å². The lowest BCUT2D eigenvalue weighted by atomic mass is 10.0. The molecule has 0 aliphatic heterocycles. The minimum absolute atomic E-state index is 0.0496. The van der Waals surface area contributed by atoms with Crippen LogP contribution in [0.25, 0.3) is 0 Å². The summed E-state index contributed by atoms with van der Waals surface area (Å²) in [5.74, 6) is 0.0496. The summed E-state index contributed by atoms with van der Waals surface area (Å²) in [4.78, 5) is 10.6. The van der Waals surface area contributed by atoms with Crippen LogP contribution in [0.4, 0.5) is 0 Å². The van der Waals surface area contributed by atoms with Gasteiger partial charge in [-0.2, -0.15) is 0 Å². The largest absolute Gasteiger partial charge is 0.281 e. The Morgan fingerprint density at radius 1 is 1.36 bits per heavy atom. The molecule has 0 aliphatic carbocycles. The Kier molecular flexibility index (Phi) is 6.63. The molecule has 1 nitrogen and oxygen atoms in total. The molecule has 0 amide bonds. The first-order valence-electron chi connectivity index (χ1n) is 4.37. The van der Waals surface area contributed by atoms with Gasteiger partial charge < -0.3 is 0 Å². The second-order valence-corrected chi connectivity index (χ2v) is 3.43. The Balaban J connectivity index is 3.17. The fourth-order valence-corrected chi connectivity index (χ4v) is 1.10. The van der Waals surface area contributed by atoms with E-state index in [1.807, 2.05) is 6.92 Å². The molecule has 11 heavy (non-hydrogen) atoms. The van der Waals surface area contributed by atoms with E-state index in [0.29, 0.717) is 0 Å². The highest BCUT2D eigenvalue weighted by molar-refractivity contribution is 6.63. The number of hydrogen-bond donors (Lipinski definition) is 0. The van der Waals surface area contributed by atoms with Gasteiger partial charge in [-0.25, -0.2) is 0 Å². The van der Waals surface area contributed by atoms with Crippen LogP contribution in [0.1, 0.15) is 46.0 Å². The standard InChI is InChI=1S/C9H17ClO/c1-3-4-5-6-7-8(2)9(10)11/h8H,3-7H2,1-2H3/t8-/m0/s1. The van der Waals surface area contributed by atoms with Gasteiger partial charge in [0.2, 0.25) is 5.24 Å². The van der Waals surface area contributed by atoms with Crippen molar-refractivity contribution in [1.82, 2.24) is 0 Å². The van der Waals surface area contributed by atoms with Crippen molar-refractivity contribution in [3.8, 4) is 0 Å². The van der Waals surface area contributed by atoms with Gasteiger partial charge in [-0.15, -0.1) is 0 Å². The molecule has 0 saturated heterocycles. The SMILES string of the molecule is CCCCCC[C@H](C)C(=O)Cl. The van der Waals surface area contributed by atoms with Crippen molar-refractivity contribution >= 4 is 16.8 Å². The molecule has 0 aromatic rings. The van der Waals surface area contributed by atoms with Crippen LogP contribution in [-0.4, -0.2) is 5.24 Å². The fourth-order valence-electron chi connectivity index (χ4n) is 0.991. The zero-order valence-corrected chi connectivity index (χ0v) is 8.16. The van der Waals surface area contributed by atoms with E-state index in [-0.39, 0.29) is 11.2 Å². The van der Waals surface area contributed by atoms with E-state index in [1.165, 1.54) is 19.3 Å². The van der Waals surface area contributed by atoms with Gasteiger partial charge in [-0.3, -0.25) is 4.79 Å². The van der Waals surface area contributed by atoms with Crippen LogP contribution >= 0.6 is 11.6 Å². The van der Waals surface area contributed by atoms with Crippen molar-refractivity contribution in [2.24, 2.45) is 5.92 Å². The van der Waals surface area contributed by atoms with Crippen LogP contribution in [0, 0.1) is 5.92 Å². The van der Waals surface area contributed by atoms with Gasteiger partial charge >= 0.3 is 0 Å². The summed E-state index contributed by atoms with van der Waals surface area (Å²) < 4.78 is 0. The molecule has 0 radical (unpaired) electrons. The lowest BCUT2D eigenvalue weighted by molar-refractivity contribution is -0.114. The zero-order chi connectivity index (χ0) is 8.69. The van der Waals surface area contributed by atoms with Crippen molar-refractivity contribution < 1.29 is 4.79 Å². The predicted octanol–water partition coefficient (Wildman–Crippen LogP) is 3.36. The van der Waals surface area contributed by atoms with Crippen LogP contribution in [0.3, 0.4) is 0 Å². The van der Waals surface area contributed by atoms with E-state index in [0.717, 1.165) is 12.8 Å². The van der Waals surface area contributed by atoms with Gasteiger partial charge in [0.15, 0.2) is 0 Å². The van der Waals surface area contributed by atoms with E-state index in [9.17, 15) is 4.79 Å². The molecule has 0 N–H and O–H groups in total. The Morgan fingerprint density at radius 2 is 2.00 bits per heavy atom. The molecule has 0 bridgehead atoms. The predicted molar refractivity (Wildman–Crippen MR) is 48.8 cm³/mol. The molecular weight excluding hydrogens is 160 g/mol. The molecule has 0 unspecified atom stereocenters. The van der Waals surface area contributed by atoms with Crippen LogP contribution in [-0.2, 0) is 4.79 Å². The molecule has 66 valence electrons. The van der Waals surface area contributed by atoms with E-state index in [4.69, 9.17) is 11.6 Å². The maximum atomic E-state index is 10.6. The van der Waals surface area contributed by atoms with E-state index in [1.54, 1.807) is 0 Å². The Morgan fingerprint density at radius 3 is 2.45 bits per heavy atom. The fraction of sp³-hybridized carbons (Fsp3) is 0.889. The third-order valence-electron chi connectivity index (χ3n) is 1.88. The topological polar surface area (TPSA) is 17.1 Å². The number of carbonyl (C=O) groups excluding carboxylic acids is 1. The molecule has 0 saturated carbocycles. The number of hydrogen-bond acceptors (Lipinski definition) is 1. The molecule has 0 aromatic carbocycles. The zero-order valence-electron chi connectivity index (χ0n) is 7.40. The average molecular weight is 177 g/mol. The first-order valence-corrected chi connectivity index (χ1v) is 4.75. The first kappa shape index (κ1) is 11.0. The maximum absolute atomic E-state index is 10.6. The first-order chi connectivity index (χ1) is 5.18. The van der Waals surface area contributed by atoms with Crippen molar-refractivity contribution in [2.75, 3.05) is 0 Å². The van der Waals surface area contributed by atoms with Crippen LogP contribution in [0.15, 0.2) is 0 Å². The molecule has 0 spiro atoms. The van der Waals surface area contributed by atoms with Gasteiger partial charge in [0.25, 0.3) is 0 Å². The molecule has 0 rings (SSSR count). The van der Waals surface area contributed by atoms with Crippen molar-refractivity contribution in [3.05, 3.63) is 0 Å². The molecule has 2 heteroatoms. The summed E-state index contributed by atoms with van der Waals surface area (Å²) in [6.45, 7) is 4.07. The van der Waals surface area contributed by atoms with Gasteiger partial charge in [-0.05, 0) is 18.0 Å². The quantitative estimate of drug-likeness (QED) is 0.448. The van der Waals surface area contributed by atoms with Crippen molar-refractivity contribution in [2.45, 2.75) is 46.0 Å². The third-order valence-corrected chi connectivity index (χ3v) is 2.25. The summed E-state index contributed by atoms with van der Waals surface area (Å²) >= 11 is 5.30. The third kappa shape index (κ3) is 6.36. The molecule has 0 aromatic heterocycles. The van der Waals surface area contributed by atoms with Crippen LogP contribution in [0.2, 0.25) is 0 Å². The van der Waals surface area contributed by atoms with Gasteiger partial charge in [0.05, 0.1) is 0 Å². The Hall–Kier alpha value is -0.0400. The van der Waals surface area contributed by atoms with Crippen molar-refractivity contribution in [3.63, 3.8) is 0 Å². The molecule has 0 aliphatic rings. The minimum Gasteiger partial charge on any atom is -0.281 e. The summed E-state index contributed by atoms with van der Waals surface area (Å²) in [7, 11) is 0. The number of carbonyl (C=O) groups is 1. The maximum Gasteiger partial charge on any atom is 0.224 e. The Labute approximate surface area is 74.1 Å².